The van der Waals surface area contributed by atoms with Crippen LogP contribution in [0.1, 0.15) is 15.9 Å². The molecule has 0 radical (unpaired) electrons. The molecular formula is C33H31N7O3S2. The average Bonchev–Trinajstić information content (AvgIpc) is 3.84. The van der Waals surface area contributed by atoms with E-state index < -0.39 is 6.04 Å². The lowest BCUT2D eigenvalue weighted by Gasteiger charge is -2.30. The van der Waals surface area contributed by atoms with Gasteiger partial charge in [0, 0.05) is 41.3 Å². The van der Waals surface area contributed by atoms with E-state index in [0.717, 1.165) is 33.1 Å². The molecule has 0 bridgehead atoms. The van der Waals surface area contributed by atoms with E-state index in [1.165, 1.54) is 22.7 Å². The summed E-state index contributed by atoms with van der Waals surface area (Å²) in [6.45, 7) is 0.0335. The van der Waals surface area contributed by atoms with Crippen molar-refractivity contribution in [2.45, 2.75) is 19.1 Å². The third-order valence-corrected chi connectivity index (χ3v) is 9.05. The van der Waals surface area contributed by atoms with Crippen LogP contribution in [0, 0.1) is 0 Å². The van der Waals surface area contributed by atoms with Crippen LogP contribution < -0.4 is 15.0 Å². The lowest BCUT2D eigenvalue weighted by molar-refractivity contribution is -0.140. The Hall–Kier alpha value is -5.07. The summed E-state index contributed by atoms with van der Waals surface area (Å²) >= 11 is 2.86. The number of nitrogens with zero attached hydrogens (tertiary/aromatic N) is 6. The Morgan fingerprint density at radius 1 is 0.956 bits per heavy atom. The van der Waals surface area contributed by atoms with Gasteiger partial charge in [-0.1, -0.05) is 23.4 Å². The van der Waals surface area contributed by atoms with Crippen LogP contribution in [0.15, 0.2) is 95.7 Å². The molecule has 6 rings (SSSR count). The zero-order chi connectivity index (χ0) is 31.3. The molecule has 45 heavy (non-hydrogen) atoms. The molecule has 3 heterocycles. The quantitative estimate of drug-likeness (QED) is 0.183. The second-order valence-electron chi connectivity index (χ2n) is 10.5. The van der Waals surface area contributed by atoms with Gasteiger partial charge in [-0.2, -0.15) is 0 Å². The molecule has 2 amide bonds. The van der Waals surface area contributed by atoms with Crippen LogP contribution in [0.3, 0.4) is 0 Å². The molecule has 10 nitrogen and oxygen atoms in total. The Labute approximate surface area is 268 Å². The van der Waals surface area contributed by atoms with Crippen LogP contribution in [0.25, 0.3) is 22.3 Å². The zero-order valence-electron chi connectivity index (χ0n) is 25.0. The predicted octanol–water partition coefficient (Wildman–Crippen LogP) is 6.10. The average molecular weight is 638 g/mol. The number of hydrogen-bond donors (Lipinski definition) is 1. The van der Waals surface area contributed by atoms with Gasteiger partial charge in [0.15, 0.2) is 0 Å². The van der Waals surface area contributed by atoms with Gasteiger partial charge in [-0.05, 0) is 72.1 Å². The van der Waals surface area contributed by atoms with Crippen LogP contribution in [-0.4, -0.2) is 57.9 Å². The van der Waals surface area contributed by atoms with Crippen molar-refractivity contribution in [1.82, 2.24) is 24.9 Å². The first-order valence-electron chi connectivity index (χ1n) is 14.2. The van der Waals surface area contributed by atoms with Gasteiger partial charge in [-0.15, -0.1) is 27.8 Å². The van der Waals surface area contributed by atoms with Gasteiger partial charge in [0.2, 0.25) is 5.91 Å². The lowest BCUT2D eigenvalue weighted by Crippen LogP contribution is -2.42. The van der Waals surface area contributed by atoms with E-state index in [1.54, 1.807) is 16.7 Å². The fraction of sp³-hybridized carbons (Fsp3) is 0.182. The minimum Gasteiger partial charge on any atom is -0.497 e. The van der Waals surface area contributed by atoms with E-state index in [9.17, 15) is 9.59 Å². The van der Waals surface area contributed by atoms with Gasteiger partial charge < -0.3 is 19.9 Å². The lowest BCUT2D eigenvalue weighted by atomic mass is 10.1. The maximum atomic E-state index is 14.2. The first kappa shape index (κ1) is 30.0. The molecule has 3 aromatic carbocycles. The van der Waals surface area contributed by atoms with Crippen molar-refractivity contribution in [3.05, 3.63) is 106 Å². The summed E-state index contributed by atoms with van der Waals surface area (Å²) in [6.07, 6.45) is 0. The van der Waals surface area contributed by atoms with Crippen LogP contribution in [0.2, 0.25) is 0 Å². The number of fused-ring (bicyclic) bond motifs is 1. The smallest absolute Gasteiger partial charge is 0.252 e. The Kier molecular flexibility index (Phi) is 8.85. The highest BCUT2D eigenvalue weighted by atomic mass is 32.1. The highest BCUT2D eigenvalue weighted by Gasteiger charge is 2.34. The van der Waals surface area contributed by atoms with E-state index in [1.807, 2.05) is 115 Å². The monoisotopic (exact) mass is 637 g/mol. The van der Waals surface area contributed by atoms with Gasteiger partial charge in [0.25, 0.3) is 5.91 Å². The second-order valence-corrected chi connectivity index (χ2v) is 12.4. The highest BCUT2D eigenvalue weighted by molar-refractivity contribution is 7.10. The number of carbonyl (C=O) groups is 2. The molecule has 0 aliphatic rings. The number of benzene rings is 3. The number of para-hydroxylation sites is 1. The molecule has 0 spiro atoms. The number of amides is 2. The van der Waals surface area contributed by atoms with Crippen molar-refractivity contribution in [3.8, 4) is 17.0 Å². The van der Waals surface area contributed by atoms with Gasteiger partial charge in [-0.25, -0.2) is 9.67 Å². The number of thiazole rings is 1. The van der Waals surface area contributed by atoms with Gasteiger partial charge in [0.05, 0.1) is 24.9 Å². The Morgan fingerprint density at radius 3 is 2.44 bits per heavy atom. The Bertz CT molecular complexity index is 1900. The molecule has 1 atom stereocenters. The van der Waals surface area contributed by atoms with Crippen LogP contribution in [0.5, 0.6) is 5.75 Å². The molecule has 1 unspecified atom stereocenters. The van der Waals surface area contributed by atoms with Gasteiger partial charge in [0.1, 0.15) is 28.9 Å². The van der Waals surface area contributed by atoms with Gasteiger partial charge in [-0.3, -0.25) is 9.59 Å². The molecule has 0 fully saturated rings. The number of aromatic nitrogens is 4. The minimum atomic E-state index is -0.908. The Morgan fingerprint density at radius 2 is 1.73 bits per heavy atom. The van der Waals surface area contributed by atoms with E-state index in [0.29, 0.717) is 16.2 Å². The van der Waals surface area contributed by atoms with Crippen molar-refractivity contribution >= 4 is 56.9 Å². The number of anilines is 2. The number of hydrogen-bond acceptors (Lipinski definition) is 9. The SMILES string of the molecule is COc1ccc(-c2csc(CN(C(=O)Cn3nnc4ccccc43)C(C(=O)Nc3ccc(N(C)C)cc3)c3cccs3)n2)cc1. The van der Waals surface area contributed by atoms with E-state index >= 15 is 0 Å². The summed E-state index contributed by atoms with van der Waals surface area (Å²) < 4.78 is 6.86. The summed E-state index contributed by atoms with van der Waals surface area (Å²) in [4.78, 5) is 37.5. The van der Waals surface area contributed by atoms with Crippen LogP contribution in [-0.2, 0) is 22.7 Å². The molecule has 0 aliphatic heterocycles. The molecule has 228 valence electrons. The summed E-state index contributed by atoms with van der Waals surface area (Å²) in [6, 6.07) is 25.6. The fourth-order valence-corrected chi connectivity index (χ4v) is 6.56. The third kappa shape index (κ3) is 6.71. The fourth-order valence-electron chi connectivity index (χ4n) is 4.92. The third-order valence-electron chi connectivity index (χ3n) is 7.29. The maximum Gasteiger partial charge on any atom is 0.252 e. The van der Waals surface area contributed by atoms with E-state index in [-0.39, 0.29) is 24.9 Å². The largest absolute Gasteiger partial charge is 0.497 e. The molecule has 1 N–H and O–H groups in total. The minimum absolute atomic E-state index is 0.0933. The Balaban J connectivity index is 1.34. The van der Waals surface area contributed by atoms with Crippen LogP contribution >= 0.6 is 22.7 Å². The molecule has 0 aliphatic carbocycles. The van der Waals surface area contributed by atoms with Crippen molar-refractivity contribution in [1.29, 1.82) is 0 Å². The zero-order valence-corrected chi connectivity index (χ0v) is 26.6. The molecule has 0 saturated heterocycles. The van der Waals surface area contributed by atoms with Crippen LogP contribution in [0.4, 0.5) is 11.4 Å². The number of rotatable bonds is 11. The molecule has 12 heteroatoms. The first-order chi connectivity index (χ1) is 21.9. The molecule has 6 aromatic rings. The standard InChI is InChI=1S/C33H31N7O3S2/c1-38(2)24-14-12-23(13-15-24)34-33(42)32(29-9-6-18-44-29)39(31(41)20-40-28-8-5-4-7-26(28)36-37-40)19-30-35-27(21-45-30)22-10-16-25(43-3)17-11-22/h4-18,21,32H,19-20H2,1-3H3,(H,34,42). The van der Waals surface area contributed by atoms with Gasteiger partial charge >= 0.3 is 0 Å². The van der Waals surface area contributed by atoms with E-state index in [4.69, 9.17) is 9.72 Å². The summed E-state index contributed by atoms with van der Waals surface area (Å²) in [7, 11) is 5.55. The maximum absolute atomic E-state index is 14.2. The second kappa shape index (κ2) is 13.3. The predicted molar refractivity (Wildman–Crippen MR) is 179 cm³/mol. The molecule has 0 saturated carbocycles. The number of thiophene rings is 1. The number of carbonyl (C=O) groups excluding carboxylic acids is 2. The summed E-state index contributed by atoms with van der Waals surface area (Å²) in [5.74, 6) is 0.148. The summed E-state index contributed by atoms with van der Waals surface area (Å²) in [5.41, 5.74) is 4.79. The topological polar surface area (TPSA) is 105 Å². The number of ether oxygens (including phenoxy) is 1. The van der Waals surface area contributed by atoms with Crippen molar-refractivity contribution in [2.75, 3.05) is 31.4 Å². The number of methoxy groups -OCH3 is 1. The normalized spacial score (nSPS) is 11.7. The first-order valence-corrected chi connectivity index (χ1v) is 15.9. The number of nitrogens with one attached hydrogen (secondary N) is 1. The van der Waals surface area contributed by atoms with Crippen molar-refractivity contribution < 1.29 is 14.3 Å². The van der Waals surface area contributed by atoms with E-state index in [2.05, 4.69) is 15.6 Å². The summed E-state index contributed by atoms with van der Waals surface area (Å²) in [5, 5.41) is 16.0. The molecular weight excluding hydrogens is 607 g/mol. The van der Waals surface area contributed by atoms with Crippen molar-refractivity contribution in [3.63, 3.8) is 0 Å². The van der Waals surface area contributed by atoms with Crippen molar-refractivity contribution in [2.24, 2.45) is 0 Å². The molecule has 3 aromatic heterocycles. The highest BCUT2D eigenvalue weighted by Crippen LogP contribution is 2.31.